The monoisotopic (exact) mass is 560 g/mol. The Balaban J connectivity index is 1.23. The van der Waals surface area contributed by atoms with Gasteiger partial charge >= 0.3 is 0 Å². The van der Waals surface area contributed by atoms with Crippen molar-refractivity contribution >= 4 is 47.0 Å². The number of fused-ring (bicyclic) bond motifs is 1. The topological polar surface area (TPSA) is 82.2 Å². The van der Waals surface area contributed by atoms with Gasteiger partial charge in [-0.15, -0.1) is 0 Å². The molecule has 1 unspecified atom stereocenters. The van der Waals surface area contributed by atoms with Gasteiger partial charge in [0, 0.05) is 56.5 Å². The quantitative estimate of drug-likeness (QED) is 0.312. The minimum atomic E-state index is -0.685. The van der Waals surface area contributed by atoms with Crippen LogP contribution in [-0.2, 0) is 16.1 Å². The first-order valence-electron chi connectivity index (χ1n) is 13.1. The van der Waals surface area contributed by atoms with Crippen molar-refractivity contribution in [3.63, 3.8) is 0 Å². The second-order valence-electron chi connectivity index (χ2n) is 9.57. The van der Waals surface area contributed by atoms with Crippen molar-refractivity contribution < 1.29 is 19.1 Å². The number of aldehydes is 1. The number of amides is 2. The number of nitrogens with zero attached hydrogens (tertiary/aromatic N) is 3. The van der Waals surface area contributed by atoms with Crippen molar-refractivity contribution in [1.82, 2.24) is 15.1 Å². The second kappa shape index (κ2) is 13.3. The van der Waals surface area contributed by atoms with Crippen molar-refractivity contribution in [1.29, 1.82) is 0 Å². The Hall–Kier alpha value is -2.81. The number of piperazine rings is 1. The minimum absolute atomic E-state index is 0.204. The van der Waals surface area contributed by atoms with E-state index < -0.39 is 6.04 Å². The lowest BCUT2D eigenvalue weighted by molar-refractivity contribution is -0.125. The van der Waals surface area contributed by atoms with Gasteiger partial charge < -0.3 is 24.6 Å². The summed E-state index contributed by atoms with van der Waals surface area (Å²) in [6, 6.07) is 10.5. The highest BCUT2D eigenvalue weighted by Gasteiger charge is 2.37. The van der Waals surface area contributed by atoms with Crippen molar-refractivity contribution in [2.24, 2.45) is 0 Å². The number of benzene rings is 2. The average molecular weight is 562 g/mol. The van der Waals surface area contributed by atoms with Crippen LogP contribution in [-0.4, -0.2) is 80.3 Å². The molecule has 0 bridgehead atoms. The van der Waals surface area contributed by atoms with Gasteiger partial charge in [0.25, 0.3) is 5.91 Å². The lowest BCUT2D eigenvalue weighted by Gasteiger charge is -2.36. The number of likely N-dealkylation sites (N-methyl/N-ethyl adjacent to an activating group) is 1. The molecule has 10 heteroatoms. The van der Waals surface area contributed by atoms with Gasteiger partial charge in [-0.2, -0.15) is 0 Å². The van der Waals surface area contributed by atoms with Crippen LogP contribution in [0.4, 0.5) is 5.69 Å². The highest BCUT2D eigenvalue weighted by Crippen LogP contribution is 2.33. The zero-order valence-electron chi connectivity index (χ0n) is 21.6. The first-order valence-corrected chi connectivity index (χ1v) is 13.8. The van der Waals surface area contributed by atoms with Gasteiger partial charge in [0.05, 0.1) is 23.2 Å². The number of nitrogens with one attached hydrogen (secondary N) is 1. The Bertz CT molecular complexity index is 1150. The van der Waals surface area contributed by atoms with E-state index in [1.165, 1.54) is 11.9 Å². The highest BCUT2D eigenvalue weighted by atomic mass is 35.5. The molecule has 2 aromatic carbocycles. The molecule has 0 saturated carbocycles. The van der Waals surface area contributed by atoms with Crippen LogP contribution in [0.1, 0.15) is 41.6 Å². The Morgan fingerprint density at radius 3 is 2.61 bits per heavy atom. The van der Waals surface area contributed by atoms with Crippen LogP contribution in [0.5, 0.6) is 5.75 Å². The zero-order valence-corrected chi connectivity index (χ0v) is 23.1. The molecule has 0 aromatic heterocycles. The molecule has 2 aliphatic rings. The Morgan fingerprint density at radius 1 is 1.11 bits per heavy atom. The normalized spacial score (nSPS) is 16.3. The van der Waals surface area contributed by atoms with E-state index in [-0.39, 0.29) is 18.2 Å². The van der Waals surface area contributed by atoms with Crippen LogP contribution in [0.3, 0.4) is 0 Å². The highest BCUT2D eigenvalue weighted by molar-refractivity contribution is 6.42. The SMILES string of the molecule is CNC(=O)C(CCC=O)N1Cc2c(OCCCCN3CCN(c4ccc(Cl)c(Cl)c4)CC3)cccc2C1=O. The molecule has 1 N–H and O–H groups in total. The van der Waals surface area contributed by atoms with Crippen molar-refractivity contribution in [2.45, 2.75) is 38.3 Å². The first-order chi connectivity index (χ1) is 18.4. The van der Waals surface area contributed by atoms with Crippen LogP contribution in [0.2, 0.25) is 10.0 Å². The summed E-state index contributed by atoms with van der Waals surface area (Å²) in [6.07, 6.45) is 3.19. The van der Waals surface area contributed by atoms with E-state index in [0.29, 0.717) is 40.9 Å². The number of hydrogen-bond donors (Lipinski definition) is 1. The maximum absolute atomic E-state index is 13.1. The predicted octanol–water partition coefficient (Wildman–Crippen LogP) is 4.02. The van der Waals surface area contributed by atoms with Gasteiger partial charge in [-0.3, -0.25) is 14.5 Å². The smallest absolute Gasteiger partial charge is 0.255 e. The molecule has 1 saturated heterocycles. The van der Waals surface area contributed by atoms with E-state index in [9.17, 15) is 14.4 Å². The molecular formula is C28H34Cl2N4O4. The van der Waals surface area contributed by atoms with E-state index in [1.807, 2.05) is 30.3 Å². The summed E-state index contributed by atoms with van der Waals surface area (Å²) >= 11 is 12.2. The summed E-state index contributed by atoms with van der Waals surface area (Å²) in [7, 11) is 1.54. The molecule has 0 radical (unpaired) electrons. The number of halogens is 2. The van der Waals surface area contributed by atoms with Crippen molar-refractivity contribution in [3.8, 4) is 5.75 Å². The third-order valence-electron chi connectivity index (χ3n) is 7.20. The first kappa shape index (κ1) is 28.2. The standard InChI is InChI=1S/C28H34Cl2N4O4/c1-31-27(36)25(7-5-16-35)34-19-22-21(28(34)37)6-4-8-26(22)38-17-3-2-11-32-12-14-33(15-13-32)20-9-10-23(29)24(30)18-20/h4,6,8-10,16,18,25H,2-3,5,7,11-15,17,19H2,1H3,(H,31,36). The van der Waals surface area contributed by atoms with Gasteiger partial charge in [0.1, 0.15) is 18.1 Å². The van der Waals surface area contributed by atoms with Gasteiger partial charge in [-0.1, -0.05) is 29.3 Å². The summed E-state index contributed by atoms with van der Waals surface area (Å²) < 4.78 is 6.09. The van der Waals surface area contributed by atoms with Gasteiger partial charge in [-0.25, -0.2) is 0 Å². The molecule has 2 amide bonds. The van der Waals surface area contributed by atoms with Gasteiger partial charge in [0.2, 0.25) is 5.91 Å². The van der Waals surface area contributed by atoms with E-state index in [2.05, 4.69) is 15.1 Å². The number of anilines is 1. The summed E-state index contributed by atoms with van der Waals surface area (Å²) in [4.78, 5) is 42.7. The molecule has 1 fully saturated rings. The summed E-state index contributed by atoms with van der Waals surface area (Å²) in [5, 5.41) is 3.76. The molecule has 2 aromatic rings. The molecule has 0 spiro atoms. The molecule has 8 nitrogen and oxygen atoms in total. The average Bonchev–Trinajstić information content (AvgIpc) is 3.27. The van der Waals surface area contributed by atoms with Gasteiger partial charge in [-0.05, 0) is 56.1 Å². The van der Waals surface area contributed by atoms with Crippen LogP contribution in [0, 0.1) is 0 Å². The van der Waals surface area contributed by atoms with Crippen LogP contribution >= 0.6 is 23.2 Å². The fourth-order valence-corrected chi connectivity index (χ4v) is 5.36. The number of rotatable bonds is 12. The zero-order chi connectivity index (χ0) is 27.1. The molecule has 1 atom stereocenters. The fourth-order valence-electron chi connectivity index (χ4n) is 5.06. The molecular weight excluding hydrogens is 527 g/mol. The summed E-state index contributed by atoms with van der Waals surface area (Å²) in [6.45, 7) is 5.71. The van der Waals surface area contributed by atoms with E-state index in [0.717, 1.165) is 63.1 Å². The summed E-state index contributed by atoms with van der Waals surface area (Å²) in [5.41, 5.74) is 2.46. The number of ether oxygens (including phenoxy) is 1. The minimum Gasteiger partial charge on any atom is -0.493 e. The van der Waals surface area contributed by atoms with E-state index in [1.54, 1.807) is 6.07 Å². The van der Waals surface area contributed by atoms with Crippen LogP contribution < -0.4 is 15.0 Å². The number of unbranched alkanes of at least 4 members (excludes halogenated alkanes) is 1. The molecule has 4 rings (SSSR count). The number of carbonyl (C=O) groups is 3. The number of carbonyl (C=O) groups excluding carboxylic acids is 3. The van der Waals surface area contributed by atoms with E-state index in [4.69, 9.17) is 27.9 Å². The van der Waals surface area contributed by atoms with Crippen molar-refractivity contribution in [2.75, 3.05) is 51.3 Å². The molecule has 204 valence electrons. The third-order valence-corrected chi connectivity index (χ3v) is 7.94. The third kappa shape index (κ3) is 6.60. The molecule has 2 aliphatic heterocycles. The fraction of sp³-hybridized carbons (Fsp3) is 0.464. The lowest BCUT2D eigenvalue weighted by Crippen LogP contribution is -2.46. The largest absolute Gasteiger partial charge is 0.493 e. The number of hydrogen-bond acceptors (Lipinski definition) is 6. The van der Waals surface area contributed by atoms with Crippen molar-refractivity contribution in [3.05, 3.63) is 57.6 Å². The second-order valence-corrected chi connectivity index (χ2v) is 10.4. The Kier molecular flexibility index (Phi) is 9.88. The Morgan fingerprint density at radius 2 is 1.89 bits per heavy atom. The van der Waals surface area contributed by atoms with Crippen LogP contribution in [0.25, 0.3) is 0 Å². The lowest BCUT2D eigenvalue weighted by atomic mass is 10.1. The Labute approximate surface area is 233 Å². The maximum Gasteiger partial charge on any atom is 0.255 e. The molecule has 38 heavy (non-hydrogen) atoms. The molecule has 2 heterocycles. The van der Waals surface area contributed by atoms with Crippen LogP contribution in [0.15, 0.2) is 36.4 Å². The van der Waals surface area contributed by atoms with Gasteiger partial charge in [0.15, 0.2) is 0 Å². The summed E-state index contributed by atoms with van der Waals surface area (Å²) in [5.74, 6) is 0.206. The predicted molar refractivity (Wildman–Crippen MR) is 149 cm³/mol. The molecule has 0 aliphatic carbocycles. The van der Waals surface area contributed by atoms with E-state index >= 15 is 0 Å². The maximum atomic E-state index is 13.1.